The molecule has 1 atom stereocenters. The molecule has 2 N–H and O–H groups in total. The van der Waals surface area contributed by atoms with E-state index >= 15 is 0 Å². The monoisotopic (exact) mass is 355 g/mol. The lowest BCUT2D eigenvalue weighted by atomic mass is 9.95. The Labute approximate surface area is 153 Å². The summed E-state index contributed by atoms with van der Waals surface area (Å²) in [6.45, 7) is 2.02. The van der Waals surface area contributed by atoms with E-state index in [1.807, 2.05) is 25.1 Å². The van der Waals surface area contributed by atoms with Gasteiger partial charge in [-0.05, 0) is 53.5 Å². The molecule has 3 rings (SSSR count). The molecule has 138 valence electrons. The minimum Gasteiger partial charge on any atom is -0.496 e. The van der Waals surface area contributed by atoms with E-state index in [0.29, 0.717) is 23.7 Å². The first kappa shape index (κ1) is 18.1. The van der Waals surface area contributed by atoms with E-state index in [-0.39, 0.29) is 6.04 Å². The molecule has 0 heterocycles. The Morgan fingerprint density at radius 3 is 2.31 bits per heavy atom. The Kier molecular flexibility index (Phi) is 5.09. The zero-order valence-corrected chi connectivity index (χ0v) is 15.9. The highest BCUT2D eigenvalue weighted by Gasteiger charge is 2.23. The molecule has 0 radical (unpaired) electrons. The van der Waals surface area contributed by atoms with Gasteiger partial charge in [0.2, 0.25) is 5.75 Å². The van der Waals surface area contributed by atoms with Gasteiger partial charge in [-0.15, -0.1) is 0 Å². The predicted molar refractivity (Wildman–Crippen MR) is 103 cm³/mol. The summed E-state index contributed by atoms with van der Waals surface area (Å²) in [5.41, 5.74) is 9.55. The fourth-order valence-electron chi connectivity index (χ4n) is 3.52. The second-order valence-electron chi connectivity index (χ2n) is 6.25. The molecule has 5 nitrogen and oxygen atoms in total. The SMILES string of the molecule is COC1=CC=C2C(=c3c(OC)c(OC)c(OC)cc3=CC[C@@H]2N)C=C1C. The highest BCUT2D eigenvalue weighted by molar-refractivity contribution is 5.81. The Hall–Kier alpha value is -2.66. The van der Waals surface area contributed by atoms with E-state index in [1.54, 1.807) is 28.4 Å². The first-order valence-electron chi connectivity index (χ1n) is 8.49. The van der Waals surface area contributed by atoms with E-state index < -0.39 is 0 Å². The lowest BCUT2D eigenvalue weighted by Gasteiger charge is -2.16. The van der Waals surface area contributed by atoms with Crippen LogP contribution in [0.25, 0.3) is 11.6 Å². The van der Waals surface area contributed by atoms with E-state index in [0.717, 1.165) is 32.9 Å². The van der Waals surface area contributed by atoms with Gasteiger partial charge in [-0.3, -0.25) is 0 Å². The van der Waals surface area contributed by atoms with Crippen LogP contribution >= 0.6 is 0 Å². The number of ether oxygens (including phenoxy) is 4. The van der Waals surface area contributed by atoms with Crippen LogP contribution in [0.3, 0.4) is 0 Å². The molecule has 0 saturated heterocycles. The Balaban J connectivity index is 2.51. The third kappa shape index (κ3) is 2.88. The first-order chi connectivity index (χ1) is 12.5. The van der Waals surface area contributed by atoms with E-state index in [2.05, 4.69) is 12.2 Å². The standard InChI is InChI=1S/C21H25NO4/c1-12-10-15-14(7-9-17(12)23-2)16(22)8-6-13-11-18(24-3)20(25-4)21(26-5)19(13)15/h6-7,9-11,16H,8,22H2,1-5H3/t16-/m0/s1. The third-order valence-electron chi connectivity index (χ3n) is 4.82. The maximum absolute atomic E-state index is 6.48. The van der Waals surface area contributed by atoms with Gasteiger partial charge in [-0.2, -0.15) is 0 Å². The number of nitrogens with two attached hydrogens (primary N) is 1. The van der Waals surface area contributed by atoms with Crippen molar-refractivity contribution in [1.82, 2.24) is 0 Å². The fourth-order valence-corrected chi connectivity index (χ4v) is 3.52. The summed E-state index contributed by atoms with van der Waals surface area (Å²) in [5, 5.41) is 1.97. The molecule has 0 spiro atoms. The van der Waals surface area contributed by atoms with Gasteiger partial charge in [0.15, 0.2) is 11.5 Å². The predicted octanol–water partition coefficient (Wildman–Crippen LogP) is 1.79. The smallest absolute Gasteiger partial charge is 0.203 e. The van der Waals surface area contributed by atoms with Crippen LogP contribution in [-0.2, 0) is 4.74 Å². The second-order valence-corrected chi connectivity index (χ2v) is 6.25. The third-order valence-corrected chi connectivity index (χ3v) is 4.82. The van der Waals surface area contributed by atoms with Crippen molar-refractivity contribution in [3.63, 3.8) is 0 Å². The first-order valence-corrected chi connectivity index (χ1v) is 8.49. The molecule has 0 aromatic heterocycles. The molecule has 2 aliphatic carbocycles. The van der Waals surface area contributed by atoms with Crippen molar-refractivity contribution < 1.29 is 18.9 Å². The highest BCUT2D eigenvalue weighted by Crippen LogP contribution is 2.35. The van der Waals surface area contributed by atoms with Crippen LogP contribution in [0.1, 0.15) is 13.3 Å². The minimum atomic E-state index is -0.129. The Morgan fingerprint density at radius 2 is 1.69 bits per heavy atom. The molecule has 2 aliphatic rings. The second kappa shape index (κ2) is 7.30. The topological polar surface area (TPSA) is 62.9 Å². The van der Waals surface area contributed by atoms with Gasteiger partial charge in [0, 0.05) is 11.3 Å². The molecule has 0 unspecified atom stereocenters. The number of benzene rings is 1. The van der Waals surface area contributed by atoms with Crippen molar-refractivity contribution in [2.75, 3.05) is 28.4 Å². The Morgan fingerprint density at radius 1 is 0.962 bits per heavy atom. The summed E-state index contributed by atoms with van der Waals surface area (Å²) in [7, 11) is 6.54. The number of rotatable bonds is 4. The zero-order valence-electron chi connectivity index (χ0n) is 15.9. The molecule has 5 heteroatoms. The van der Waals surface area contributed by atoms with Gasteiger partial charge >= 0.3 is 0 Å². The highest BCUT2D eigenvalue weighted by atomic mass is 16.5. The van der Waals surface area contributed by atoms with Crippen LogP contribution in [0, 0.1) is 0 Å². The number of methoxy groups -OCH3 is 4. The van der Waals surface area contributed by atoms with Gasteiger partial charge in [-0.1, -0.05) is 12.2 Å². The molecule has 1 aromatic carbocycles. The van der Waals surface area contributed by atoms with E-state index in [4.69, 9.17) is 24.7 Å². The zero-order chi connectivity index (χ0) is 18.8. The summed E-state index contributed by atoms with van der Waals surface area (Å²) < 4.78 is 22.3. The molecule has 0 fully saturated rings. The normalized spacial score (nSPS) is 18.8. The fraction of sp³-hybridized carbons (Fsp3) is 0.333. The van der Waals surface area contributed by atoms with Crippen LogP contribution in [0.4, 0.5) is 0 Å². The van der Waals surface area contributed by atoms with Gasteiger partial charge < -0.3 is 24.7 Å². The van der Waals surface area contributed by atoms with E-state index in [9.17, 15) is 0 Å². The number of hydrogen-bond acceptors (Lipinski definition) is 5. The lowest BCUT2D eigenvalue weighted by molar-refractivity contribution is 0.301. The summed E-state index contributed by atoms with van der Waals surface area (Å²) in [4.78, 5) is 0. The van der Waals surface area contributed by atoms with Gasteiger partial charge in [-0.25, -0.2) is 0 Å². The van der Waals surface area contributed by atoms with Crippen molar-refractivity contribution in [1.29, 1.82) is 0 Å². The van der Waals surface area contributed by atoms with Crippen molar-refractivity contribution in [3.05, 3.63) is 51.6 Å². The Bertz CT molecular complexity index is 938. The lowest BCUT2D eigenvalue weighted by Crippen LogP contribution is -2.29. The van der Waals surface area contributed by atoms with Crippen molar-refractivity contribution in [2.24, 2.45) is 5.73 Å². The molecule has 26 heavy (non-hydrogen) atoms. The molecule has 1 aromatic rings. The summed E-state index contributed by atoms with van der Waals surface area (Å²) in [6, 6.07) is 1.84. The average molecular weight is 355 g/mol. The maximum atomic E-state index is 6.48. The number of hydrogen-bond donors (Lipinski definition) is 1. The summed E-state index contributed by atoms with van der Waals surface area (Å²) >= 11 is 0. The van der Waals surface area contributed by atoms with Crippen LogP contribution in [0.15, 0.2) is 41.2 Å². The average Bonchev–Trinajstić information content (AvgIpc) is 2.89. The molecule has 0 bridgehead atoms. The van der Waals surface area contributed by atoms with Gasteiger partial charge in [0.05, 0.1) is 28.4 Å². The molecular formula is C21H25NO4. The van der Waals surface area contributed by atoms with Crippen LogP contribution in [-0.4, -0.2) is 34.5 Å². The quantitative estimate of drug-likeness (QED) is 0.892. The van der Waals surface area contributed by atoms with Crippen LogP contribution in [0.2, 0.25) is 0 Å². The largest absolute Gasteiger partial charge is 0.496 e. The molecule has 0 saturated carbocycles. The summed E-state index contributed by atoms with van der Waals surface area (Å²) in [6.07, 6.45) is 8.93. The van der Waals surface area contributed by atoms with Gasteiger partial charge in [0.1, 0.15) is 5.76 Å². The van der Waals surface area contributed by atoms with Crippen molar-refractivity contribution in [2.45, 2.75) is 19.4 Å². The molecular weight excluding hydrogens is 330 g/mol. The molecule has 0 aliphatic heterocycles. The number of fused-ring (bicyclic) bond motifs is 2. The molecule has 0 amide bonds. The van der Waals surface area contributed by atoms with Crippen LogP contribution < -0.4 is 30.4 Å². The van der Waals surface area contributed by atoms with Gasteiger partial charge in [0.25, 0.3) is 0 Å². The van der Waals surface area contributed by atoms with Crippen LogP contribution in [0.5, 0.6) is 17.2 Å². The maximum Gasteiger partial charge on any atom is 0.203 e. The summed E-state index contributed by atoms with van der Waals surface area (Å²) in [5.74, 6) is 2.65. The minimum absolute atomic E-state index is 0.129. The number of allylic oxidation sites excluding steroid dienone is 4. The van der Waals surface area contributed by atoms with Crippen molar-refractivity contribution >= 4 is 11.6 Å². The van der Waals surface area contributed by atoms with Crippen molar-refractivity contribution in [3.8, 4) is 17.2 Å². The van der Waals surface area contributed by atoms with E-state index in [1.165, 1.54) is 0 Å².